The molecule has 0 saturated carbocycles. The summed E-state index contributed by atoms with van der Waals surface area (Å²) >= 11 is 0. The second-order valence-electron chi connectivity index (χ2n) is 4.60. The van der Waals surface area contributed by atoms with Gasteiger partial charge in [0.15, 0.2) is 0 Å². The van der Waals surface area contributed by atoms with Crippen LogP contribution in [-0.2, 0) is 0 Å². The summed E-state index contributed by atoms with van der Waals surface area (Å²) in [6.45, 7) is 3.80. The van der Waals surface area contributed by atoms with Crippen LogP contribution in [0.15, 0.2) is 18.3 Å². The third-order valence-corrected chi connectivity index (χ3v) is 3.32. The van der Waals surface area contributed by atoms with Gasteiger partial charge in [0, 0.05) is 24.5 Å². The van der Waals surface area contributed by atoms with Crippen molar-refractivity contribution in [1.29, 1.82) is 0 Å². The van der Waals surface area contributed by atoms with Gasteiger partial charge < -0.3 is 16.4 Å². The lowest BCUT2D eigenvalue weighted by Crippen LogP contribution is -2.28. The minimum Gasteiger partial charge on any atom is -0.368 e. The van der Waals surface area contributed by atoms with E-state index in [1.54, 1.807) is 12.3 Å². The van der Waals surface area contributed by atoms with Crippen LogP contribution in [0.1, 0.15) is 23.8 Å². The van der Waals surface area contributed by atoms with Gasteiger partial charge >= 0.3 is 0 Å². The van der Waals surface area contributed by atoms with Crippen molar-refractivity contribution < 1.29 is 4.79 Å². The van der Waals surface area contributed by atoms with E-state index in [1.807, 2.05) is 6.07 Å². The normalized spacial score (nSPS) is 24.0. The molecule has 92 valence electrons. The number of carbonyl (C=O) groups is 1. The number of anilines is 1. The Hall–Kier alpha value is -1.62. The SMILES string of the molecule is CC1CC(CN)CN1c1ccnc(C(N)=O)c1. The van der Waals surface area contributed by atoms with Crippen molar-refractivity contribution >= 4 is 11.6 Å². The summed E-state index contributed by atoms with van der Waals surface area (Å²) in [6.07, 6.45) is 2.71. The highest BCUT2D eigenvalue weighted by Gasteiger charge is 2.28. The number of nitrogens with two attached hydrogens (primary N) is 2. The molecule has 1 fully saturated rings. The lowest BCUT2D eigenvalue weighted by molar-refractivity contribution is 0.0995. The number of pyridine rings is 1. The van der Waals surface area contributed by atoms with Gasteiger partial charge in [0.2, 0.25) is 0 Å². The van der Waals surface area contributed by atoms with Gasteiger partial charge in [-0.1, -0.05) is 0 Å². The topological polar surface area (TPSA) is 85.2 Å². The van der Waals surface area contributed by atoms with Crippen LogP contribution in [0.5, 0.6) is 0 Å². The number of rotatable bonds is 3. The van der Waals surface area contributed by atoms with Gasteiger partial charge in [0.05, 0.1) is 0 Å². The van der Waals surface area contributed by atoms with E-state index >= 15 is 0 Å². The van der Waals surface area contributed by atoms with E-state index in [2.05, 4.69) is 16.8 Å². The lowest BCUT2D eigenvalue weighted by Gasteiger charge is -2.23. The Morgan fingerprint density at radius 1 is 1.65 bits per heavy atom. The van der Waals surface area contributed by atoms with E-state index in [-0.39, 0.29) is 0 Å². The third kappa shape index (κ3) is 2.39. The molecule has 0 spiro atoms. The van der Waals surface area contributed by atoms with Crippen LogP contribution in [0, 0.1) is 5.92 Å². The van der Waals surface area contributed by atoms with Crippen LogP contribution in [0.4, 0.5) is 5.69 Å². The fourth-order valence-corrected chi connectivity index (χ4v) is 2.41. The molecule has 1 aliphatic heterocycles. The first-order valence-corrected chi connectivity index (χ1v) is 5.84. The number of carbonyl (C=O) groups excluding carboxylic acids is 1. The number of hydrogen-bond acceptors (Lipinski definition) is 4. The van der Waals surface area contributed by atoms with Crippen molar-refractivity contribution in [3.05, 3.63) is 24.0 Å². The Morgan fingerprint density at radius 2 is 2.41 bits per heavy atom. The molecule has 2 rings (SSSR count). The van der Waals surface area contributed by atoms with Crippen molar-refractivity contribution in [1.82, 2.24) is 4.98 Å². The van der Waals surface area contributed by atoms with Gasteiger partial charge in [-0.15, -0.1) is 0 Å². The van der Waals surface area contributed by atoms with Gasteiger partial charge in [-0.2, -0.15) is 0 Å². The third-order valence-electron chi connectivity index (χ3n) is 3.32. The van der Waals surface area contributed by atoms with E-state index in [4.69, 9.17) is 11.5 Å². The van der Waals surface area contributed by atoms with Crippen molar-refractivity contribution in [3.8, 4) is 0 Å². The molecule has 0 aliphatic carbocycles. The zero-order chi connectivity index (χ0) is 12.4. The Morgan fingerprint density at radius 3 is 3.00 bits per heavy atom. The highest BCUT2D eigenvalue weighted by Crippen LogP contribution is 2.28. The zero-order valence-electron chi connectivity index (χ0n) is 9.97. The molecule has 0 bridgehead atoms. The predicted molar refractivity (Wildman–Crippen MR) is 66.7 cm³/mol. The first-order valence-electron chi connectivity index (χ1n) is 5.84. The fourth-order valence-electron chi connectivity index (χ4n) is 2.41. The Kier molecular flexibility index (Phi) is 3.28. The molecule has 5 nitrogen and oxygen atoms in total. The first kappa shape index (κ1) is 11.9. The largest absolute Gasteiger partial charge is 0.368 e. The maximum Gasteiger partial charge on any atom is 0.267 e. The summed E-state index contributed by atoms with van der Waals surface area (Å²) < 4.78 is 0. The Bertz CT molecular complexity index is 421. The highest BCUT2D eigenvalue weighted by atomic mass is 16.1. The summed E-state index contributed by atoms with van der Waals surface area (Å²) in [7, 11) is 0. The summed E-state index contributed by atoms with van der Waals surface area (Å²) in [5.74, 6) is 0.0317. The summed E-state index contributed by atoms with van der Waals surface area (Å²) in [6, 6.07) is 4.09. The molecular formula is C12H18N4O. The highest BCUT2D eigenvalue weighted by molar-refractivity contribution is 5.91. The van der Waals surface area contributed by atoms with Crippen molar-refractivity contribution in [2.24, 2.45) is 17.4 Å². The minimum atomic E-state index is -0.492. The molecular weight excluding hydrogens is 216 g/mol. The van der Waals surface area contributed by atoms with E-state index in [1.165, 1.54) is 0 Å². The maximum atomic E-state index is 11.1. The molecule has 0 aromatic carbocycles. The smallest absolute Gasteiger partial charge is 0.267 e. The molecule has 2 unspecified atom stereocenters. The Labute approximate surface area is 101 Å². The number of hydrogen-bond donors (Lipinski definition) is 2. The molecule has 2 heterocycles. The van der Waals surface area contributed by atoms with Crippen LogP contribution in [-0.4, -0.2) is 30.0 Å². The summed E-state index contributed by atoms with van der Waals surface area (Å²) in [5, 5.41) is 0. The van der Waals surface area contributed by atoms with Crippen molar-refractivity contribution in [2.45, 2.75) is 19.4 Å². The van der Waals surface area contributed by atoms with Crippen LogP contribution in [0.25, 0.3) is 0 Å². The molecule has 1 aromatic heterocycles. The van der Waals surface area contributed by atoms with E-state index in [9.17, 15) is 4.79 Å². The molecule has 1 aromatic rings. The number of nitrogens with zero attached hydrogens (tertiary/aromatic N) is 2. The zero-order valence-corrected chi connectivity index (χ0v) is 9.97. The fraction of sp³-hybridized carbons (Fsp3) is 0.500. The summed E-state index contributed by atoms with van der Waals surface area (Å²) in [4.78, 5) is 17.3. The average molecular weight is 234 g/mol. The van der Waals surface area contributed by atoms with Gasteiger partial charge in [0.1, 0.15) is 5.69 Å². The number of amides is 1. The monoisotopic (exact) mass is 234 g/mol. The quantitative estimate of drug-likeness (QED) is 0.790. The van der Waals surface area contributed by atoms with E-state index in [0.29, 0.717) is 24.2 Å². The van der Waals surface area contributed by atoms with Crippen LogP contribution >= 0.6 is 0 Å². The van der Waals surface area contributed by atoms with Crippen LogP contribution < -0.4 is 16.4 Å². The summed E-state index contributed by atoms with van der Waals surface area (Å²) in [5.41, 5.74) is 12.2. The molecule has 1 saturated heterocycles. The average Bonchev–Trinajstić information content (AvgIpc) is 2.71. The van der Waals surface area contributed by atoms with E-state index < -0.39 is 5.91 Å². The second-order valence-corrected chi connectivity index (χ2v) is 4.60. The van der Waals surface area contributed by atoms with Crippen molar-refractivity contribution in [2.75, 3.05) is 18.0 Å². The standard InChI is InChI=1S/C12H18N4O/c1-8-4-9(6-13)7-16(8)10-2-3-15-11(5-10)12(14)17/h2-3,5,8-9H,4,6-7,13H2,1H3,(H2,14,17). The maximum absolute atomic E-state index is 11.1. The van der Waals surface area contributed by atoms with Gasteiger partial charge in [-0.05, 0) is 37.9 Å². The predicted octanol–water partition coefficient (Wildman–Crippen LogP) is 0.354. The van der Waals surface area contributed by atoms with Gasteiger partial charge in [-0.25, -0.2) is 0 Å². The van der Waals surface area contributed by atoms with Gasteiger partial charge in [0.25, 0.3) is 5.91 Å². The first-order chi connectivity index (χ1) is 8.11. The minimum absolute atomic E-state index is 0.311. The molecule has 5 heteroatoms. The van der Waals surface area contributed by atoms with Crippen molar-refractivity contribution in [3.63, 3.8) is 0 Å². The molecule has 1 aliphatic rings. The van der Waals surface area contributed by atoms with Crippen LogP contribution in [0.3, 0.4) is 0 Å². The van der Waals surface area contributed by atoms with Gasteiger partial charge in [-0.3, -0.25) is 9.78 Å². The molecule has 17 heavy (non-hydrogen) atoms. The van der Waals surface area contributed by atoms with E-state index in [0.717, 1.165) is 18.7 Å². The number of aromatic nitrogens is 1. The Balaban J connectivity index is 2.22. The van der Waals surface area contributed by atoms with Crippen LogP contribution in [0.2, 0.25) is 0 Å². The lowest BCUT2D eigenvalue weighted by atomic mass is 10.1. The molecule has 2 atom stereocenters. The molecule has 1 amide bonds. The second kappa shape index (κ2) is 4.71. The number of primary amides is 1. The molecule has 0 radical (unpaired) electrons. The molecule has 4 N–H and O–H groups in total.